The van der Waals surface area contributed by atoms with Crippen LogP contribution in [0.2, 0.25) is 0 Å². The van der Waals surface area contributed by atoms with Crippen molar-refractivity contribution in [2.24, 2.45) is 5.10 Å². The van der Waals surface area contributed by atoms with Crippen LogP contribution in [-0.2, 0) is 0 Å². The van der Waals surface area contributed by atoms with Crippen LogP contribution in [0.4, 0.5) is 5.69 Å². The average molecular weight is 420 g/mol. The molecule has 0 heterocycles. The Morgan fingerprint density at radius 2 is 1.45 bits per heavy atom. The highest BCUT2D eigenvalue weighted by molar-refractivity contribution is 5.92. The zero-order chi connectivity index (χ0) is 22.2. The first kappa shape index (κ1) is 21.7. The number of hydrogen-bond acceptors (Lipinski definition) is 7. The third-order valence-corrected chi connectivity index (χ3v) is 4.52. The highest BCUT2D eigenvalue weighted by Gasteiger charge is 2.15. The maximum absolute atomic E-state index is 12.6. The molecule has 0 aliphatic rings. The molecule has 7 heteroatoms. The Bertz CT molecular complexity index is 1070. The molecule has 0 fully saturated rings. The van der Waals surface area contributed by atoms with Crippen LogP contribution in [-0.4, -0.2) is 40.6 Å². The summed E-state index contributed by atoms with van der Waals surface area (Å²) in [6.07, 6.45) is 1.70. The highest BCUT2D eigenvalue weighted by Crippen LogP contribution is 2.31. The number of rotatable bonds is 8. The fourth-order valence-corrected chi connectivity index (χ4v) is 2.83. The average Bonchev–Trinajstić information content (AvgIpc) is 2.83. The molecule has 0 bridgehead atoms. The summed E-state index contributed by atoms with van der Waals surface area (Å²) in [7, 11) is 6.41. The predicted octanol–water partition coefficient (Wildman–Crippen LogP) is 4.40. The molecule has 0 aromatic heterocycles. The number of carbonyl (C=O) groups excluding carboxylic acids is 1. The molecule has 0 radical (unpaired) electrons. The number of methoxy groups -OCH3 is 3. The Balaban J connectivity index is 1.75. The second kappa shape index (κ2) is 10.2. The van der Waals surface area contributed by atoms with Gasteiger partial charge in [-0.05, 0) is 54.1 Å². The van der Waals surface area contributed by atoms with Crippen molar-refractivity contribution < 1.29 is 23.7 Å². The first-order valence-corrected chi connectivity index (χ1v) is 9.50. The van der Waals surface area contributed by atoms with Crippen LogP contribution in [0.3, 0.4) is 0 Å². The Morgan fingerprint density at radius 1 is 0.806 bits per heavy atom. The lowest BCUT2D eigenvalue weighted by molar-refractivity contribution is 0.0729. The molecule has 7 nitrogen and oxygen atoms in total. The van der Waals surface area contributed by atoms with Crippen LogP contribution < -0.4 is 24.0 Å². The van der Waals surface area contributed by atoms with Gasteiger partial charge in [-0.25, -0.2) is 4.79 Å². The van der Waals surface area contributed by atoms with Crippen LogP contribution in [0.5, 0.6) is 23.0 Å². The van der Waals surface area contributed by atoms with E-state index < -0.39 is 5.97 Å². The van der Waals surface area contributed by atoms with E-state index in [0.29, 0.717) is 28.6 Å². The van der Waals surface area contributed by atoms with Gasteiger partial charge in [0.25, 0.3) is 0 Å². The van der Waals surface area contributed by atoms with E-state index in [0.717, 1.165) is 11.3 Å². The number of anilines is 1. The number of hydrazone groups is 1. The summed E-state index contributed by atoms with van der Waals surface area (Å²) in [5.41, 5.74) is 2.09. The van der Waals surface area contributed by atoms with Crippen molar-refractivity contribution in [3.05, 3.63) is 77.9 Å². The first-order chi connectivity index (χ1) is 15.0. The number of benzene rings is 3. The Labute approximate surface area is 181 Å². The van der Waals surface area contributed by atoms with Gasteiger partial charge in [0.15, 0.2) is 23.0 Å². The monoisotopic (exact) mass is 420 g/mol. The van der Waals surface area contributed by atoms with Crippen molar-refractivity contribution in [2.45, 2.75) is 0 Å². The molecule has 0 N–H and O–H groups in total. The summed E-state index contributed by atoms with van der Waals surface area (Å²) in [4.78, 5) is 12.6. The second-order valence-corrected chi connectivity index (χ2v) is 6.47. The topological polar surface area (TPSA) is 69.6 Å². The number of hydrogen-bond donors (Lipinski definition) is 0. The van der Waals surface area contributed by atoms with Crippen LogP contribution in [0.1, 0.15) is 15.9 Å². The largest absolute Gasteiger partial charge is 0.493 e. The van der Waals surface area contributed by atoms with Crippen LogP contribution in [0.15, 0.2) is 71.8 Å². The zero-order valence-electron chi connectivity index (χ0n) is 17.9. The molecule has 160 valence electrons. The summed E-state index contributed by atoms with van der Waals surface area (Å²) in [5.74, 6) is 1.15. The molecule has 3 aromatic rings. The van der Waals surface area contributed by atoms with Gasteiger partial charge >= 0.3 is 5.97 Å². The Kier molecular flexibility index (Phi) is 7.11. The van der Waals surface area contributed by atoms with Crippen molar-refractivity contribution in [3.63, 3.8) is 0 Å². The molecule has 0 unspecified atom stereocenters. The van der Waals surface area contributed by atoms with Crippen molar-refractivity contribution in [3.8, 4) is 23.0 Å². The minimum atomic E-state index is -0.538. The van der Waals surface area contributed by atoms with Crippen LogP contribution in [0.25, 0.3) is 0 Å². The fourth-order valence-electron chi connectivity index (χ4n) is 2.83. The molecule has 3 rings (SSSR count). The normalized spacial score (nSPS) is 10.6. The van der Waals surface area contributed by atoms with Crippen LogP contribution in [0, 0.1) is 0 Å². The Morgan fingerprint density at radius 3 is 2.13 bits per heavy atom. The molecule has 0 aliphatic heterocycles. The number of nitrogens with zero attached hydrogens (tertiary/aromatic N) is 2. The van der Waals surface area contributed by atoms with Gasteiger partial charge in [-0.1, -0.05) is 18.2 Å². The lowest BCUT2D eigenvalue weighted by Crippen LogP contribution is -2.10. The number of ether oxygens (including phenoxy) is 4. The van der Waals surface area contributed by atoms with Gasteiger partial charge < -0.3 is 18.9 Å². The van der Waals surface area contributed by atoms with Gasteiger partial charge in [0.1, 0.15) is 0 Å². The number of esters is 1. The van der Waals surface area contributed by atoms with E-state index in [1.807, 2.05) is 37.4 Å². The minimum Gasteiger partial charge on any atom is -0.493 e. The summed E-state index contributed by atoms with van der Waals surface area (Å²) < 4.78 is 21.4. The quantitative estimate of drug-likeness (QED) is 0.233. The first-order valence-electron chi connectivity index (χ1n) is 9.50. The van der Waals surface area contributed by atoms with E-state index in [2.05, 4.69) is 5.10 Å². The number of para-hydroxylation sites is 1. The summed E-state index contributed by atoms with van der Waals surface area (Å²) in [6, 6.07) is 19.8. The smallest absolute Gasteiger partial charge is 0.343 e. The third kappa shape index (κ3) is 5.33. The van der Waals surface area contributed by atoms with E-state index in [1.165, 1.54) is 21.3 Å². The molecule has 3 aromatic carbocycles. The maximum atomic E-state index is 12.6. The molecule has 0 saturated heterocycles. The van der Waals surface area contributed by atoms with Gasteiger partial charge in [-0.2, -0.15) is 5.10 Å². The van der Waals surface area contributed by atoms with E-state index in [4.69, 9.17) is 18.9 Å². The van der Waals surface area contributed by atoms with Gasteiger partial charge in [-0.3, -0.25) is 5.01 Å². The molecule has 0 spiro atoms. The summed E-state index contributed by atoms with van der Waals surface area (Å²) >= 11 is 0. The van der Waals surface area contributed by atoms with Crippen molar-refractivity contribution in [1.29, 1.82) is 0 Å². The van der Waals surface area contributed by atoms with Crippen molar-refractivity contribution >= 4 is 17.9 Å². The highest BCUT2D eigenvalue weighted by atomic mass is 16.6. The summed E-state index contributed by atoms with van der Waals surface area (Å²) in [5, 5.41) is 6.19. The van der Waals surface area contributed by atoms with E-state index in [1.54, 1.807) is 47.6 Å². The fraction of sp³-hybridized carbons (Fsp3) is 0.167. The van der Waals surface area contributed by atoms with Gasteiger partial charge in [0, 0.05) is 7.05 Å². The molecular formula is C24H24N2O5. The molecule has 0 atom stereocenters. The minimum absolute atomic E-state index is 0.302. The summed E-state index contributed by atoms with van der Waals surface area (Å²) in [6.45, 7) is 0. The van der Waals surface area contributed by atoms with Crippen LogP contribution >= 0.6 is 0 Å². The number of carbonyl (C=O) groups is 1. The third-order valence-electron chi connectivity index (χ3n) is 4.52. The van der Waals surface area contributed by atoms with Crippen molar-refractivity contribution in [1.82, 2.24) is 0 Å². The molecule has 31 heavy (non-hydrogen) atoms. The van der Waals surface area contributed by atoms with E-state index in [-0.39, 0.29) is 0 Å². The standard InChI is InChI=1S/C24H24N2O5/c1-26(19-8-6-5-7-9-19)25-16-17-10-12-21(22(14-17)29-3)31-24(27)18-11-13-20(28-2)23(15-18)30-4/h5-16H,1-4H3/b25-16-. The molecule has 0 aliphatic carbocycles. The molecule has 0 amide bonds. The molecular weight excluding hydrogens is 396 g/mol. The van der Waals surface area contributed by atoms with Crippen molar-refractivity contribution in [2.75, 3.05) is 33.4 Å². The lowest BCUT2D eigenvalue weighted by atomic mass is 10.2. The predicted molar refractivity (Wildman–Crippen MR) is 120 cm³/mol. The van der Waals surface area contributed by atoms with E-state index in [9.17, 15) is 4.79 Å². The zero-order valence-corrected chi connectivity index (χ0v) is 17.9. The lowest BCUT2D eigenvalue weighted by Gasteiger charge is -2.13. The van der Waals surface area contributed by atoms with Gasteiger partial charge in [0.2, 0.25) is 0 Å². The van der Waals surface area contributed by atoms with Gasteiger partial charge in [-0.15, -0.1) is 0 Å². The van der Waals surface area contributed by atoms with Gasteiger partial charge in [0.05, 0.1) is 38.8 Å². The SMILES string of the molecule is COc1ccc(C(=O)Oc2ccc(/C=N\N(C)c3ccccc3)cc2OC)cc1OC. The maximum Gasteiger partial charge on any atom is 0.343 e. The second-order valence-electron chi connectivity index (χ2n) is 6.47. The molecule has 0 saturated carbocycles. The van der Waals surface area contributed by atoms with E-state index >= 15 is 0 Å². The Hall–Kier alpha value is -4.00.